The normalized spacial score (nSPS) is 19.7. The number of anilines is 1. The molecular formula is C20H20ClFN4O3S. The molecule has 1 aromatic heterocycles. The summed E-state index contributed by atoms with van der Waals surface area (Å²) in [7, 11) is -2.08. The van der Waals surface area contributed by atoms with E-state index in [0.29, 0.717) is 10.8 Å². The van der Waals surface area contributed by atoms with Crippen molar-refractivity contribution in [1.29, 1.82) is 0 Å². The Bertz CT molecular complexity index is 1140. The molecule has 0 aliphatic carbocycles. The lowest BCUT2D eigenvalue weighted by Crippen LogP contribution is -2.36. The molecule has 158 valence electrons. The minimum absolute atomic E-state index is 0.0195. The fraction of sp³-hybridized carbons (Fsp3) is 0.250. The van der Waals surface area contributed by atoms with E-state index in [2.05, 4.69) is 10.3 Å². The molecule has 2 aromatic carbocycles. The molecule has 7 nitrogen and oxygen atoms in total. The molecule has 1 N–H and O–H groups in total. The summed E-state index contributed by atoms with van der Waals surface area (Å²) >= 11 is 6.07. The lowest BCUT2D eigenvalue weighted by Gasteiger charge is -2.22. The first kappa shape index (κ1) is 20.6. The lowest BCUT2D eigenvalue weighted by atomic mass is 10.2. The van der Waals surface area contributed by atoms with Crippen LogP contribution in [0.4, 0.5) is 10.1 Å². The van der Waals surface area contributed by atoms with Crippen LogP contribution in [-0.2, 0) is 17.1 Å². The van der Waals surface area contributed by atoms with Gasteiger partial charge in [-0.2, -0.15) is 4.31 Å². The average molecular weight is 451 g/mol. The standard InChI is InChI=1S/C20H20ClFN4O3S/c1-25-12-20(23-13-25)30(27,28)26-10-18(24-16-4-2-3-14(21)9-16)19(11-26)29-17-7-5-15(22)6-8-17/h2-9,12-13,18-19,24H,10-11H2,1H3/t18-,19-/m1/s1. The van der Waals surface area contributed by atoms with Gasteiger partial charge in [0.15, 0.2) is 5.03 Å². The molecule has 2 atom stereocenters. The predicted octanol–water partition coefficient (Wildman–Crippen LogP) is 3.15. The van der Waals surface area contributed by atoms with Crippen molar-refractivity contribution in [3.05, 3.63) is 71.9 Å². The number of aromatic nitrogens is 2. The number of benzene rings is 2. The van der Waals surface area contributed by atoms with Crippen molar-refractivity contribution in [3.63, 3.8) is 0 Å². The van der Waals surface area contributed by atoms with Crippen LogP contribution in [0.25, 0.3) is 0 Å². The molecule has 0 radical (unpaired) electrons. The Morgan fingerprint density at radius 3 is 2.63 bits per heavy atom. The molecule has 1 saturated heterocycles. The second kappa shape index (κ2) is 8.25. The topological polar surface area (TPSA) is 76.5 Å². The number of hydrogen-bond donors (Lipinski definition) is 1. The van der Waals surface area contributed by atoms with E-state index >= 15 is 0 Å². The molecule has 1 fully saturated rings. The monoisotopic (exact) mass is 450 g/mol. The molecule has 3 aromatic rings. The number of sulfonamides is 1. The number of hydrogen-bond acceptors (Lipinski definition) is 5. The molecule has 0 spiro atoms. The highest BCUT2D eigenvalue weighted by molar-refractivity contribution is 7.89. The van der Waals surface area contributed by atoms with Crippen molar-refractivity contribution in [2.24, 2.45) is 7.05 Å². The van der Waals surface area contributed by atoms with Crippen molar-refractivity contribution < 1.29 is 17.5 Å². The van der Waals surface area contributed by atoms with Gasteiger partial charge in [0.05, 0.1) is 18.9 Å². The third-order valence-electron chi connectivity index (χ3n) is 4.80. The number of rotatable bonds is 6. The fourth-order valence-electron chi connectivity index (χ4n) is 3.33. The number of aryl methyl sites for hydroxylation is 1. The summed E-state index contributed by atoms with van der Waals surface area (Å²) in [5.74, 6) is 0.0816. The van der Waals surface area contributed by atoms with Gasteiger partial charge in [0.25, 0.3) is 10.0 Å². The highest BCUT2D eigenvalue weighted by Gasteiger charge is 2.41. The molecule has 10 heteroatoms. The Morgan fingerprint density at radius 1 is 1.20 bits per heavy atom. The smallest absolute Gasteiger partial charge is 0.262 e. The van der Waals surface area contributed by atoms with Gasteiger partial charge in [-0.15, -0.1) is 0 Å². The first-order valence-corrected chi connectivity index (χ1v) is 11.1. The maximum atomic E-state index is 13.2. The summed E-state index contributed by atoms with van der Waals surface area (Å²) in [6, 6.07) is 12.4. The van der Waals surface area contributed by atoms with E-state index in [9.17, 15) is 12.8 Å². The highest BCUT2D eigenvalue weighted by atomic mass is 35.5. The molecule has 1 aliphatic rings. The molecule has 0 bridgehead atoms. The van der Waals surface area contributed by atoms with Gasteiger partial charge in [0.2, 0.25) is 0 Å². The zero-order valence-electron chi connectivity index (χ0n) is 16.1. The van der Waals surface area contributed by atoms with Crippen LogP contribution >= 0.6 is 11.6 Å². The number of nitrogens with one attached hydrogen (secondary N) is 1. The van der Waals surface area contributed by atoms with Crippen molar-refractivity contribution in [2.75, 3.05) is 18.4 Å². The molecule has 2 heterocycles. The second-order valence-corrected chi connectivity index (χ2v) is 9.39. The van der Waals surface area contributed by atoms with Crippen molar-refractivity contribution in [2.45, 2.75) is 17.2 Å². The van der Waals surface area contributed by atoms with Crippen LogP contribution in [0.1, 0.15) is 0 Å². The number of halogens is 2. The third kappa shape index (κ3) is 4.43. The summed E-state index contributed by atoms with van der Waals surface area (Å²) in [5.41, 5.74) is 0.747. The van der Waals surface area contributed by atoms with Gasteiger partial charge in [-0.05, 0) is 42.5 Å². The van der Waals surface area contributed by atoms with Gasteiger partial charge in [-0.25, -0.2) is 17.8 Å². The molecule has 1 aliphatic heterocycles. The van der Waals surface area contributed by atoms with Crippen LogP contribution in [0.15, 0.2) is 66.1 Å². The Hall–Kier alpha value is -2.62. The molecule has 4 rings (SSSR count). The van der Waals surface area contributed by atoms with Crippen molar-refractivity contribution in [1.82, 2.24) is 13.9 Å². The van der Waals surface area contributed by atoms with Crippen LogP contribution in [-0.4, -0.2) is 47.5 Å². The van der Waals surface area contributed by atoms with Gasteiger partial charge in [-0.1, -0.05) is 17.7 Å². The van der Waals surface area contributed by atoms with Crippen LogP contribution < -0.4 is 10.1 Å². The maximum absolute atomic E-state index is 13.2. The molecule has 0 saturated carbocycles. The summed E-state index contributed by atoms with van der Waals surface area (Å²) < 4.78 is 48.2. The number of imidazole rings is 1. The first-order chi connectivity index (χ1) is 14.3. The van der Waals surface area contributed by atoms with E-state index in [1.165, 1.54) is 41.1 Å². The minimum Gasteiger partial charge on any atom is -0.487 e. The summed E-state index contributed by atoms with van der Waals surface area (Å²) in [6.07, 6.45) is 2.40. The second-order valence-electron chi connectivity index (χ2n) is 7.07. The van der Waals surface area contributed by atoms with E-state index < -0.39 is 16.1 Å². The van der Waals surface area contributed by atoms with E-state index in [4.69, 9.17) is 16.3 Å². The van der Waals surface area contributed by atoms with Crippen LogP contribution in [0.3, 0.4) is 0 Å². The zero-order valence-corrected chi connectivity index (χ0v) is 17.6. The minimum atomic E-state index is -3.79. The fourth-order valence-corrected chi connectivity index (χ4v) is 4.96. The predicted molar refractivity (Wildman–Crippen MR) is 112 cm³/mol. The Kier molecular flexibility index (Phi) is 5.68. The SMILES string of the molecule is Cn1cnc(S(=O)(=O)N2C[C@@H](Nc3cccc(Cl)c3)[C@H](Oc3ccc(F)cc3)C2)c1. The van der Waals surface area contributed by atoms with E-state index in [1.807, 2.05) is 6.07 Å². The van der Waals surface area contributed by atoms with Gasteiger partial charge in [0, 0.05) is 30.5 Å². The number of ether oxygens (including phenoxy) is 1. The Labute approximate surface area is 179 Å². The van der Waals surface area contributed by atoms with Gasteiger partial charge >= 0.3 is 0 Å². The molecular weight excluding hydrogens is 431 g/mol. The third-order valence-corrected chi connectivity index (χ3v) is 6.75. The molecule has 0 amide bonds. The maximum Gasteiger partial charge on any atom is 0.262 e. The van der Waals surface area contributed by atoms with Gasteiger partial charge < -0.3 is 14.6 Å². The van der Waals surface area contributed by atoms with Crippen molar-refractivity contribution in [3.8, 4) is 5.75 Å². The zero-order chi connectivity index (χ0) is 21.3. The largest absolute Gasteiger partial charge is 0.487 e. The van der Waals surface area contributed by atoms with E-state index in [-0.39, 0.29) is 30.0 Å². The summed E-state index contributed by atoms with van der Waals surface area (Å²) in [5, 5.41) is 3.85. The van der Waals surface area contributed by atoms with E-state index in [1.54, 1.807) is 29.8 Å². The molecule has 0 unspecified atom stereocenters. The Morgan fingerprint density at radius 2 is 1.97 bits per heavy atom. The summed E-state index contributed by atoms with van der Waals surface area (Å²) in [6.45, 7) is 0.297. The quantitative estimate of drug-likeness (QED) is 0.624. The molecule has 30 heavy (non-hydrogen) atoms. The van der Waals surface area contributed by atoms with Gasteiger partial charge in [0.1, 0.15) is 17.7 Å². The van der Waals surface area contributed by atoms with Crippen LogP contribution in [0, 0.1) is 5.82 Å². The van der Waals surface area contributed by atoms with Crippen LogP contribution in [0.5, 0.6) is 5.75 Å². The highest BCUT2D eigenvalue weighted by Crippen LogP contribution is 2.27. The van der Waals surface area contributed by atoms with Crippen molar-refractivity contribution >= 4 is 27.3 Å². The Balaban J connectivity index is 1.59. The first-order valence-electron chi connectivity index (χ1n) is 9.24. The number of nitrogens with zero attached hydrogens (tertiary/aromatic N) is 3. The van der Waals surface area contributed by atoms with E-state index in [0.717, 1.165) is 5.69 Å². The van der Waals surface area contributed by atoms with Gasteiger partial charge in [-0.3, -0.25) is 0 Å². The lowest BCUT2D eigenvalue weighted by molar-refractivity contribution is 0.206. The summed E-state index contributed by atoms with van der Waals surface area (Å²) in [4.78, 5) is 3.98. The van der Waals surface area contributed by atoms with Crippen LogP contribution in [0.2, 0.25) is 5.02 Å². The average Bonchev–Trinajstić information content (AvgIpc) is 3.31.